The molecule has 1 aliphatic heterocycles. The van der Waals surface area contributed by atoms with Gasteiger partial charge in [-0.3, -0.25) is 15.1 Å². The highest BCUT2D eigenvalue weighted by atomic mass is 32.2. The quantitative estimate of drug-likeness (QED) is 0.810. The lowest BCUT2D eigenvalue weighted by molar-refractivity contribution is -0.113. The van der Waals surface area contributed by atoms with Gasteiger partial charge in [-0.25, -0.2) is 0 Å². The highest BCUT2D eigenvalue weighted by Gasteiger charge is 2.33. The van der Waals surface area contributed by atoms with Gasteiger partial charge in [0.2, 0.25) is 0 Å². The fraction of sp³-hybridized carbons (Fsp3) is 0.176. The van der Waals surface area contributed by atoms with Crippen LogP contribution in [0.4, 0.5) is 5.69 Å². The second-order valence-electron chi connectivity index (χ2n) is 5.29. The molecule has 0 radical (unpaired) electrons. The number of rotatable bonds is 2. The molecule has 1 aromatic heterocycles. The van der Waals surface area contributed by atoms with E-state index in [0.29, 0.717) is 4.91 Å². The van der Waals surface area contributed by atoms with Gasteiger partial charge in [-0.05, 0) is 78.9 Å². The van der Waals surface area contributed by atoms with Crippen LogP contribution in [-0.4, -0.2) is 11.1 Å². The molecule has 3 nitrogen and oxygen atoms in total. The number of anilines is 1. The Morgan fingerprint density at radius 1 is 1.09 bits per heavy atom. The van der Waals surface area contributed by atoms with E-state index in [1.807, 2.05) is 56.5 Å². The maximum atomic E-state index is 12.7. The van der Waals surface area contributed by atoms with Crippen LogP contribution >= 0.6 is 23.1 Å². The van der Waals surface area contributed by atoms with Crippen molar-refractivity contribution in [3.63, 3.8) is 0 Å². The Kier molecular flexibility index (Phi) is 3.93. The number of aryl methyl sites for hydroxylation is 3. The summed E-state index contributed by atoms with van der Waals surface area (Å²) in [5, 5.41) is 10.4. The molecule has 0 unspecified atom stereocenters. The SMILES string of the molecule is Cc1ccc(N2C(=N)S/C(=C\c3sccc3C)C2=O)cc1C. The fourth-order valence-corrected chi connectivity index (χ4v) is 4.01. The number of nitrogens with one attached hydrogen (secondary N) is 1. The number of amides is 1. The number of hydrogen-bond donors (Lipinski definition) is 1. The first-order valence-electron chi connectivity index (χ1n) is 6.91. The van der Waals surface area contributed by atoms with Crippen molar-refractivity contribution < 1.29 is 4.79 Å². The molecule has 2 heterocycles. The Hall–Kier alpha value is -1.85. The normalized spacial score (nSPS) is 16.9. The fourth-order valence-electron chi connectivity index (χ4n) is 2.24. The minimum absolute atomic E-state index is 0.119. The molecule has 1 fully saturated rings. The zero-order valence-corrected chi connectivity index (χ0v) is 14.3. The first-order chi connectivity index (χ1) is 10.5. The molecule has 0 spiro atoms. The van der Waals surface area contributed by atoms with Crippen molar-refractivity contribution in [2.75, 3.05) is 4.90 Å². The Morgan fingerprint density at radius 3 is 2.50 bits per heavy atom. The minimum Gasteiger partial charge on any atom is -0.278 e. The second-order valence-corrected chi connectivity index (χ2v) is 7.27. The number of thiophene rings is 1. The minimum atomic E-state index is -0.119. The summed E-state index contributed by atoms with van der Waals surface area (Å²) in [6.45, 7) is 6.08. The van der Waals surface area contributed by atoms with Crippen LogP contribution in [0.15, 0.2) is 34.6 Å². The third-order valence-electron chi connectivity index (χ3n) is 3.74. The number of amidine groups is 1. The van der Waals surface area contributed by atoms with Crippen LogP contribution in [-0.2, 0) is 4.79 Å². The van der Waals surface area contributed by atoms with Gasteiger partial charge in [-0.2, -0.15) is 0 Å². The van der Waals surface area contributed by atoms with E-state index in [-0.39, 0.29) is 11.1 Å². The van der Waals surface area contributed by atoms with Gasteiger partial charge < -0.3 is 0 Å². The van der Waals surface area contributed by atoms with Crippen molar-refractivity contribution in [2.24, 2.45) is 0 Å². The van der Waals surface area contributed by atoms with Crippen LogP contribution in [0.25, 0.3) is 6.08 Å². The maximum Gasteiger partial charge on any atom is 0.271 e. The standard InChI is InChI=1S/C17H16N2OS2/c1-10-4-5-13(8-12(10)3)19-16(20)15(22-17(19)18)9-14-11(2)6-7-21-14/h4-9,18H,1-3H3/b15-9-,18-17?. The molecule has 1 saturated heterocycles. The van der Waals surface area contributed by atoms with Gasteiger partial charge in [0, 0.05) is 4.88 Å². The lowest BCUT2D eigenvalue weighted by atomic mass is 10.1. The molecule has 2 aromatic rings. The molecule has 0 saturated carbocycles. The molecular formula is C17H16N2OS2. The predicted octanol–water partition coefficient (Wildman–Crippen LogP) is 4.73. The Labute approximate surface area is 138 Å². The number of benzene rings is 1. The number of carbonyl (C=O) groups excluding carboxylic acids is 1. The van der Waals surface area contributed by atoms with Crippen LogP contribution in [0.2, 0.25) is 0 Å². The molecule has 1 aliphatic rings. The molecule has 112 valence electrons. The molecule has 1 amide bonds. The van der Waals surface area contributed by atoms with Crippen LogP contribution in [0.5, 0.6) is 0 Å². The number of nitrogens with zero attached hydrogens (tertiary/aromatic N) is 1. The van der Waals surface area contributed by atoms with Crippen molar-refractivity contribution in [3.8, 4) is 0 Å². The summed E-state index contributed by atoms with van der Waals surface area (Å²) in [6, 6.07) is 7.88. The van der Waals surface area contributed by atoms with Crippen LogP contribution in [0, 0.1) is 26.2 Å². The van der Waals surface area contributed by atoms with E-state index in [9.17, 15) is 4.79 Å². The number of thioether (sulfide) groups is 1. The van der Waals surface area contributed by atoms with Gasteiger partial charge in [-0.15, -0.1) is 11.3 Å². The van der Waals surface area contributed by atoms with Crippen molar-refractivity contribution in [3.05, 3.63) is 56.1 Å². The molecule has 22 heavy (non-hydrogen) atoms. The smallest absolute Gasteiger partial charge is 0.271 e. The Bertz CT molecular complexity index is 805. The second kappa shape index (κ2) is 5.74. The van der Waals surface area contributed by atoms with Gasteiger partial charge in [0.05, 0.1) is 10.6 Å². The van der Waals surface area contributed by atoms with Crippen LogP contribution < -0.4 is 4.90 Å². The predicted molar refractivity (Wildman–Crippen MR) is 95.8 cm³/mol. The average molecular weight is 328 g/mol. The zero-order chi connectivity index (χ0) is 15.9. The average Bonchev–Trinajstić information content (AvgIpc) is 2.99. The van der Waals surface area contributed by atoms with Gasteiger partial charge in [0.1, 0.15) is 0 Å². The number of carbonyl (C=O) groups is 1. The van der Waals surface area contributed by atoms with Gasteiger partial charge in [0.25, 0.3) is 5.91 Å². The highest BCUT2D eigenvalue weighted by Crippen LogP contribution is 2.36. The van der Waals surface area contributed by atoms with Crippen LogP contribution in [0.3, 0.4) is 0 Å². The van der Waals surface area contributed by atoms with Crippen molar-refractivity contribution in [1.29, 1.82) is 5.41 Å². The lowest BCUT2D eigenvalue weighted by Crippen LogP contribution is -2.28. The van der Waals surface area contributed by atoms with E-state index in [2.05, 4.69) is 0 Å². The van der Waals surface area contributed by atoms with Gasteiger partial charge in [-0.1, -0.05) is 6.07 Å². The molecule has 0 atom stereocenters. The summed E-state index contributed by atoms with van der Waals surface area (Å²) in [7, 11) is 0. The molecule has 0 aliphatic carbocycles. The topological polar surface area (TPSA) is 44.2 Å². The van der Waals surface area contributed by atoms with E-state index in [4.69, 9.17) is 5.41 Å². The third-order valence-corrected chi connectivity index (χ3v) is 5.59. The molecule has 1 aromatic carbocycles. The van der Waals surface area contributed by atoms with Crippen molar-refractivity contribution in [1.82, 2.24) is 0 Å². The molecule has 0 bridgehead atoms. The molecule has 1 N–H and O–H groups in total. The van der Waals surface area contributed by atoms with Crippen molar-refractivity contribution >= 4 is 45.9 Å². The van der Waals surface area contributed by atoms with E-state index in [0.717, 1.165) is 21.7 Å². The first kappa shape index (κ1) is 15.1. The third kappa shape index (κ3) is 2.62. The zero-order valence-electron chi connectivity index (χ0n) is 12.6. The van der Waals surface area contributed by atoms with E-state index in [1.165, 1.54) is 22.2 Å². The molecular weight excluding hydrogens is 312 g/mol. The van der Waals surface area contributed by atoms with Crippen molar-refractivity contribution in [2.45, 2.75) is 20.8 Å². The Balaban J connectivity index is 1.96. The highest BCUT2D eigenvalue weighted by molar-refractivity contribution is 8.19. The first-order valence-corrected chi connectivity index (χ1v) is 8.61. The van der Waals surface area contributed by atoms with Crippen LogP contribution in [0.1, 0.15) is 21.6 Å². The summed E-state index contributed by atoms with van der Waals surface area (Å²) >= 11 is 2.83. The summed E-state index contributed by atoms with van der Waals surface area (Å²) in [6.07, 6.45) is 1.89. The summed E-state index contributed by atoms with van der Waals surface area (Å²) in [5.74, 6) is -0.119. The van der Waals surface area contributed by atoms with Gasteiger partial charge >= 0.3 is 0 Å². The summed E-state index contributed by atoms with van der Waals surface area (Å²) in [5.41, 5.74) is 4.22. The van der Waals surface area contributed by atoms with E-state index < -0.39 is 0 Å². The van der Waals surface area contributed by atoms with E-state index >= 15 is 0 Å². The Morgan fingerprint density at radius 2 is 1.86 bits per heavy atom. The van der Waals surface area contributed by atoms with Gasteiger partial charge in [0.15, 0.2) is 5.17 Å². The summed E-state index contributed by atoms with van der Waals surface area (Å²) < 4.78 is 0. The largest absolute Gasteiger partial charge is 0.278 e. The number of hydrogen-bond acceptors (Lipinski definition) is 4. The maximum absolute atomic E-state index is 12.7. The molecule has 5 heteroatoms. The summed E-state index contributed by atoms with van der Waals surface area (Å²) in [4.78, 5) is 15.8. The van der Waals surface area contributed by atoms with E-state index in [1.54, 1.807) is 11.3 Å². The lowest BCUT2D eigenvalue weighted by Gasteiger charge is -2.15. The molecule has 3 rings (SSSR count). The monoisotopic (exact) mass is 328 g/mol.